The van der Waals surface area contributed by atoms with Gasteiger partial charge in [0.1, 0.15) is 5.69 Å². The van der Waals surface area contributed by atoms with Crippen LogP contribution in [0.3, 0.4) is 0 Å². The summed E-state index contributed by atoms with van der Waals surface area (Å²) in [5.74, 6) is 0.328. The van der Waals surface area contributed by atoms with E-state index in [1.165, 1.54) is 0 Å². The molecule has 3 N–H and O–H groups in total. The monoisotopic (exact) mass is 344 g/mol. The summed E-state index contributed by atoms with van der Waals surface area (Å²) < 4.78 is 0. The predicted octanol–water partition coefficient (Wildman–Crippen LogP) is 3.33. The predicted molar refractivity (Wildman–Crippen MR) is 94.8 cm³/mol. The lowest BCUT2D eigenvalue weighted by Crippen LogP contribution is -2.35. The van der Waals surface area contributed by atoms with Crippen LogP contribution in [-0.4, -0.2) is 15.9 Å². The third-order valence-corrected chi connectivity index (χ3v) is 4.36. The Bertz CT molecular complexity index is 771. The van der Waals surface area contributed by atoms with Crippen molar-refractivity contribution in [3.05, 3.63) is 52.3 Å². The molecule has 0 bridgehead atoms. The molecule has 1 fully saturated rings. The molecule has 1 heterocycles. The second kappa shape index (κ2) is 6.40. The number of carbonyl (C=O) groups excluding carboxylic acids is 1. The van der Waals surface area contributed by atoms with Crippen LogP contribution >= 0.6 is 11.6 Å². The Hall–Kier alpha value is -2.14. The van der Waals surface area contributed by atoms with E-state index in [2.05, 4.69) is 29.1 Å². The summed E-state index contributed by atoms with van der Waals surface area (Å²) in [5.41, 5.74) is 7.54. The molecule has 24 heavy (non-hydrogen) atoms. The fraction of sp³-hybridized carbons (Fsp3) is 0.389. The van der Waals surface area contributed by atoms with Crippen LogP contribution in [0, 0.1) is 5.92 Å². The van der Waals surface area contributed by atoms with Crippen molar-refractivity contribution >= 4 is 23.5 Å². The smallest absolute Gasteiger partial charge is 0.270 e. The van der Waals surface area contributed by atoms with Gasteiger partial charge in [-0.3, -0.25) is 4.79 Å². The Balaban J connectivity index is 1.81. The molecule has 1 aromatic heterocycles. The first-order valence-corrected chi connectivity index (χ1v) is 8.48. The number of hydrogen-bond acceptors (Lipinski definition) is 4. The molecule has 0 saturated heterocycles. The molecule has 1 amide bonds. The van der Waals surface area contributed by atoms with Crippen molar-refractivity contribution < 1.29 is 4.79 Å². The highest BCUT2D eigenvalue weighted by Crippen LogP contribution is 2.46. The van der Waals surface area contributed by atoms with Gasteiger partial charge in [-0.2, -0.15) is 0 Å². The number of anilines is 1. The number of nitrogen functional groups attached to an aromatic ring is 1. The van der Waals surface area contributed by atoms with Crippen LogP contribution in [0.5, 0.6) is 0 Å². The Morgan fingerprint density at radius 1 is 1.33 bits per heavy atom. The van der Waals surface area contributed by atoms with Gasteiger partial charge in [-0.1, -0.05) is 37.6 Å². The molecule has 1 aliphatic rings. The number of hydrogen-bond donors (Lipinski definition) is 2. The summed E-state index contributed by atoms with van der Waals surface area (Å²) in [4.78, 5) is 21.0. The van der Waals surface area contributed by atoms with Crippen molar-refractivity contribution in [1.29, 1.82) is 0 Å². The third kappa shape index (κ3) is 3.67. The average molecular weight is 345 g/mol. The summed E-state index contributed by atoms with van der Waals surface area (Å²) in [6, 6.07) is 9.32. The molecule has 5 nitrogen and oxygen atoms in total. The van der Waals surface area contributed by atoms with Crippen LogP contribution in [0.4, 0.5) is 5.95 Å². The molecule has 6 heteroatoms. The van der Waals surface area contributed by atoms with E-state index in [1.807, 2.05) is 24.3 Å². The zero-order valence-electron chi connectivity index (χ0n) is 13.8. The molecular formula is C18H21ClN4O. The van der Waals surface area contributed by atoms with Gasteiger partial charge in [0.15, 0.2) is 0 Å². The lowest BCUT2D eigenvalue weighted by atomic mass is 10.0. The molecule has 1 aromatic carbocycles. The van der Waals surface area contributed by atoms with E-state index >= 15 is 0 Å². The zero-order chi connectivity index (χ0) is 17.3. The van der Waals surface area contributed by atoms with Crippen LogP contribution in [0.15, 0.2) is 30.3 Å². The molecule has 0 radical (unpaired) electrons. The van der Waals surface area contributed by atoms with Crippen LogP contribution in [0.2, 0.25) is 5.02 Å². The lowest BCUT2D eigenvalue weighted by molar-refractivity contribution is 0.0925. The standard InChI is InChI=1S/C18H21ClN4O/c1-11(2)8-14-10-15(22-17(20)21-14)16(24)23-18(6-7-18)12-4-3-5-13(19)9-12/h3-5,9-11H,6-8H2,1-2H3,(H,23,24)(H2,20,21,22). The molecule has 1 saturated carbocycles. The van der Waals surface area contributed by atoms with Gasteiger partial charge in [0, 0.05) is 10.7 Å². The minimum atomic E-state index is -0.347. The number of carbonyl (C=O) groups is 1. The van der Waals surface area contributed by atoms with Crippen LogP contribution in [-0.2, 0) is 12.0 Å². The molecular weight excluding hydrogens is 324 g/mol. The number of amides is 1. The summed E-state index contributed by atoms with van der Waals surface area (Å²) in [5, 5.41) is 3.76. The number of nitrogens with zero attached hydrogens (tertiary/aromatic N) is 2. The maximum atomic E-state index is 12.7. The minimum absolute atomic E-state index is 0.130. The van der Waals surface area contributed by atoms with Gasteiger partial charge in [0.05, 0.1) is 5.54 Å². The Morgan fingerprint density at radius 2 is 2.08 bits per heavy atom. The summed E-state index contributed by atoms with van der Waals surface area (Å²) in [6.45, 7) is 4.19. The number of halogens is 1. The number of rotatable bonds is 5. The van der Waals surface area contributed by atoms with Gasteiger partial charge < -0.3 is 11.1 Å². The molecule has 0 spiro atoms. The molecule has 0 atom stereocenters. The van der Waals surface area contributed by atoms with Gasteiger partial charge >= 0.3 is 0 Å². The minimum Gasteiger partial charge on any atom is -0.368 e. The van der Waals surface area contributed by atoms with Crippen molar-refractivity contribution in [2.75, 3.05) is 5.73 Å². The van der Waals surface area contributed by atoms with Gasteiger partial charge in [0.2, 0.25) is 5.95 Å². The molecule has 1 aliphatic carbocycles. The topological polar surface area (TPSA) is 80.9 Å². The first kappa shape index (κ1) is 16.7. The second-order valence-electron chi connectivity index (χ2n) is 6.75. The zero-order valence-corrected chi connectivity index (χ0v) is 14.6. The average Bonchev–Trinajstić information content (AvgIpc) is 3.26. The Morgan fingerprint density at radius 3 is 2.71 bits per heavy atom. The first-order chi connectivity index (χ1) is 11.4. The van der Waals surface area contributed by atoms with E-state index in [-0.39, 0.29) is 17.4 Å². The van der Waals surface area contributed by atoms with Crippen molar-refractivity contribution in [2.24, 2.45) is 5.92 Å². The van der Waals surface area contributed by atoms with E-state index in [0.717, 1.165) is 30.5 Å². The van der Waals surface area contributed by atoms with Crippen LogP contribution < -0.4 is 11.1 Å². The molecule has 0 unspecified atom stereocenters. The molecule has 0 aliphatic heterocycles. The fourth-order valence-corrected chi connectivity index (χ4v) is 3.03. The highest BCUT2D eigenvalue weighted by molar-refractivity contribution is 6.30. The van der Waals surface area contributed by atoms with Crippen molar-refractivity contribution in [3.63, 3.8) is 0 Å². The first-order valence-electron chi connectivity index (χ1n) is 8.10. The van der Waals surface area contributed by atoms with Crippen molar-refractivity contribution in [2.45, 2.75) is 38.6 Å². The van der Waals surface area contributed by atoms with Gasteiger partial charge in [0.25, 0.3) is 5.91 Å². The molecule has 126 valence electrons. The quantitative estimate of drug-likeness (QED) is 0.871. The fourth-order valence-electron chi connectivity index (χ4n) is 2.84. The van der Waals surface area contributed by atoms with E-state index in [1.54, 1.807) is 6.07 Å². The largest absolute Gasteiger partial charge is 0.368 e. The lowest BCUT2D eigenvalue weighted by Gasteiger charge is -2.18. The van der Waals surface area contributed by atoms with Crippen LogP contribution in [0.1, 0.15) is 48.4 Å². The number of benzene rings is 1. The van der Waals surface area contributed by atoms with E-state index in [4.69, 9.17) is 17.3 Å². The van der Waals surface area contributed by atoms with Gasteiger partial charge in [-0.25, -0.2) is 9.97 Å². The Kier molecular flexibility index (Phi) is 4.45. The molecule has 2 aromatic rings. The van der Waals surface area contributed by atoms with Gasteiger partial charge in [-0.15, -0.1) is 0 Å². The van der Waals surface area contributed by atoms with Crippen LogP contribution in [0.25, 0.3) is 0 Å². The van der Waals surface area contributed by atoms with Crippen molar-refractivity contribution in [1.82, 2.24) is 15.3 Å². The normalized spacial score (nSPS) is 15.3. The maximum Gasteiger partial charge on any atom is 0.270 e. The van der Waals surface area contributed by atoms with Crippen molar-refractivity contribution in [3.8, 4) is 0 Å². The number of aromatic nitrogens is 2. The highest BCUT2D eigenvalue weighted by atomic mass is 35.5. The second-order valence-corrected chi connectivity index (χ2v) is 7.18. The Labute approximate surface area is 146 Å². The number of nitrogens with two attached hydrogens (primary N) is 1. The van der Waals surface area contributed by atoms with E-state index < -0.39 is 0 Å². The summed E-state index contributed by atoms with van der Waals surface area (Å²) in [7, 11) is 0. The summed E-state index contributed by atoms with van der Waals surface area (Å²) >= 11 is 6.07. The summed E-state index contributed by atoms with van der Waals surface area (Å²) in [6.07, 6.45) is 2.53. The maximum absolute atomic E-state index is 12.7. The van der Waals surface area contributed by atoms with E-state index in [9.17, 15) is 4.79 Å². The van der Waals surface area contributed by atoms with Gasteiger partial charge in [-0.05, 0) is 48.9 Å². The van der Waals surface area contributed by atoms with E-state index in [0.29, 0.717) is 16.6 Å². The third-order valence-electron chi connectivity index (χ3n) is 4.13. The molecule has 3 rings (SSSR count). The number of nitrogens with one attached hydrogen (secondary N) is 1. The highest BCUT2D eigenvalue weighted by Gasteiger charge is 2.46. The SMILES string of the molecule is CC(C)Cc1cc(C(=O)NC2(c3cccc(Cl)c3)CC2)nc(N)n1.